The zero-order valence-electron chi connectivity index (χ0n) is 11.8. The van der Waals surface area contributed by atoms with Crippen molar-refractivity contribution in [2.24, 2.45) is 0 Å². The lowest BCUT2D eigenvalue weighted by Gasteiger charge is -2.20. The maximum atomic E-state index is 5.63. The van der Waals surface area contributed by atoms with Gasteiger partial charge >= 0.3 is 0 Å². The number of rotatable bonds is 3. The average Bonchev–Trinajstić information content (AvgIpc) is 2.51. The Morgan fingerprint density at radius 1 is 0.900 bits per heavy atom. The van der Waals surface area contributed by atoms with E-state index >= 15 is 0 Å². The Morgan fingerprint density at radius 3 is 2.60 bits per heavy atom. The predicted octanol–water partition coefficient (Wildman–Crippen LogP) is 4.63. The summed E-state index contributed by atoms with van der Waals surface area (Å²) in [7, 11) is 0. The van der Waals surface area contributed by atoms with Gasteiger partial charge in [-0.1, -0.05) is 42.5 Å². The van der Waals surface area contributed by atoms with Gasteiger partial charge in [-0.2, -0.15) is 0 Å². The van der Waals surface area contributed by atoms with Crippen LogP contribution >= 0.6 is 0 Å². The van der Waals surface area contributed by atoms with Gasteiger partial charge < -0.3 is 4.74 Å². The van der Waals surface area contributed by atoms with Gasteiger partial charge in [0.25, 0.3) is 0 Å². The fourth-order valence-electron chi connectivity index (χ4n) is 3.45. The number of benzene rings is 3. The number of hydrogen-bond acceptors (Lipinski definition) is 1. The Balaban J connectivity index is 2.09. The molecule has 0 heterocycles. The van der Waals surface area contributed by atoms with Gasteiger partial charge in [-0.15, -0.1) is 0 Å². The molecule has 0 aromatic heterocycles. The summed E-state index contributed by atoms with van der Waals surface area (Å²) in [6.45, 7) is 3.52. The van der Waals surface area contributed by atoms with Crippen molar-refractivity contribution in [1.82, 2.24) is 0 Å². The first-order valence-electron chi connectivity index (χ1n) is 7.41. The lowest BCUT2D eigenvalue weighted by atomic mass is 9.85. The first-order chi connectivity index (χ1) is 9.88. The second-order valence-electron chi connectivity index (χ2n) is 5.52. The van der Waals surface area contributed by atoms with Crippen LogP contribution in [0, 0.1) is 0 Å². The first-order valence-corrected chi connectivity index (χ1v) is 7.41. The molecule has 100 valence electrons. The van der Waals surface area contributed by atoms with Crippen molar-refractivity contribution < 1.29 is 4.74 Å². The van der Waals surface area contributed by atoms with Crippen LogP contribution in [-0.4, -0.2) is 6.61 Å². The highest BCUT2D eigenvalue weighted by atomic mass is 16.5. The van der Waals surface area contributed by atoms with Gasteiger partial charge in [-0.25, -0.2) is 0 Å². The van der Waals surface area contributed by atoms with E-state index in [4.69, 9.17) is 4.74 Å². The van der Waals surface area contributed by atoms with Crippen molar-refractivity contribution in [2.75, 3.05) is 6.61 Å². The van der Waals surface area contributed by atoms with Crippen LogP contribution in [0.25, 0.3) is 21.5 Å². The van der Waals surface area contributed by atoms with E-state index < -0.39 is 0 Å². The summed E-state index contributed by atoms with van der Waals surface area (Å²) in [5, 5.41) is 5.66. The molecule has 0 saturated heterocycles. The van der Waals surface area contributed by atoms with Gasteiger partial charge in [0.2, 0.25) is 0 Å². The molecule has 3 aromatic rings. The van der Waals surface area contributed by atoms with E-state index in [1.807, 2.05) is 6.92 Å². The predicted molar refractivity (Wildman–Crippen MR) is 84.2 cm³/mol. The van der Waals surface area contributed by atoms with E-state index in [1.165, 1.54) is 38.2 Å². The minimum atomic E-state index is 0.709. The second kappa shape index (κ2) is 4.60. The summed E-state index contributed by atoms with van der Waals surface area (Å²) in [5.41, 5.74) is 4.29. The largest absolute Gasteiger partial charge is 0.377 e. The van der Waals surface area contributed by atoms with Crippen LogP contribution in [0.5, 0.6) is 0 Å². The summed E-state index contributed by atoms with van der Waals surface area (Å²) in [6.07, 6.45) is 2.32. The topological polar surface area (TPSA) is 9.23 Å². The Kier molecular flexibility index (Phi) is 2.75. The Labute approximate surface area is 119 Å². The first kappa shape index (κ1) is 11.9. The van der Waals surface area contributed by atoms with Crippen molar-refractivity contribution in [3.05, 3.63) is 59.2 Å². The van der Waals surface area contributed by atoms with E-state index in [0.717, 1.165) is 19.4 Å². The fraction of sp³-hybridized carbons (Fsp3) is 0.263. The fourth-order valence-corrected chi connectivity index (χ4v) is 3.45. The van der Waals surface area contributed by atoms with Crippen LogP contribution in [0.15, 0.2) is 42.5 Å². The molecule has 20 heavy (non-hydrogen) atoms. The normalized spacial score (nSPS) is 13.4. The summed E-state index contributed by atoms with van der Waals surface area (Å²) in [6, 6.07) is 15.7. The van der Waals surface area contributed by atoms with Gasteiger partial charge in [-0.05, 0) is 58.0 Å². The zero-order chi connectivity index (χ0) is 13.5. The average molecular weight is 262 g/mol. The molecule has 0 atom stereocenters. The summed E-state index contributed by atoms with van der Waals surface area (Å²) in [4.78, 5) is 0. The maximum absolute atomic E-state index is 5.63. The third-order valence-electron chi connectivity index (χ3n) is 4.41. The minimum absolute atomic E-state index is 0.709. The minimum Gasteiger partial charge on any atom is -0.377 e. The standard InChI is InChI=1S/C19H18O/c1-2-20-12-16-9-8-15-7-6-13-4-3-5-14-10-11-17(16)19(15)18(13)14/h3-5,8-11H,2,6-7,12H2,1H3. The molecule has 0 radical (unpaired) electrons. The van der Waals surface area contributed by atoms with E-state index in [1.54, 1.807) is 0 Å². The van der Waals surface area contributed by atoms with Gasteiger partial charge in [0.1, 0.15) is 0 Å². The van der Waals surface area contributed by atoms with Crippen molar-refractivity contribution in [3.63, 3.8) is 0 Å². The van der Waals surface area contributed by atoms with E-state index in [0.29, 0.717) is 6.61 Å². The van der Waals surface area contributed by atoms with Crippen LogP contribution in [0.2, 0.25) is 0 Å². The Bertz CT molecular complexity index is 802. The highest BCUT2D eigenvalue weighted by molar-refractivity contribution is 6.12. The molecule has 0 amide bonds. The Morgan fingerprint density at radius 2 is 1.75 bits per heavy atom. The molecular formula is C19H18O. The van der Waals surface area contributed by atoms with Crippen LogP contribution in [0.3, 0.4) is 0 Å². The highest BCUT2D eigenvalue weighted by Crippen LogP contribution is 2.37. The second-order valence-corrected chi connectivity index (χ2v) is 5.52. The number of aryl methyl sites for hydroxylation is 2. The quantitative estimate of drug-likeness (QED) is 0.625. The number of ether oxygens (including phenoxy) is 1. The third kappa shape index (κ3) is 1.66. The molecule has 0 bridgehead atoms. The lowest BCUT2D eigenvalue weighted by Crippen LogP contribution is -2.03. The van der Waals surface area contributed by atoms with Crippen molar-refractivity contribution in [3.8, 4) is 0 Å². The molecule has 1 aliphatic rings. The molecule has 4 rings (SSSR count). The van der Waals surface area contributed by atoms with Crippen LogP contribution < -0.4 is 0 Å². The monoisotopic (exact) mass is 262 g/mol. The highest BCUT2D eigenvalue weighted by Gasteiger charge is 2.16. The van der Waals surface area contributed by atoms with Gasteiger partial charge in [0, 0.05) is 6.61 Å². The maximum Gasteiger partial charge on any atom is 0.0722 e. The zero-order valence-corrected chi connectivity index (χ0v) is 11.8. The molecule has 0 spiro atoms. The molecule has 0 aliphatic heterocycles. The summed E-state index contributed by atoms with van der Waals surface area (Å²) in [5.74, 6) is 0. The van der Waals surface area contributed by atoms with Crippen molar-refractivity contribution in [1.29, 1.82) is 0 Å². The molecule has 0 N–H and O–H groups in total. The SMILES string of the molecule is CCOCc1ccc2c3c1ccc1cccc(c13)CC2. The van der Waals surface area contributed by atoms with Crippen LogP contribution in [0.1, 0.15) is 23.6 Å². The van der Waals surface area contributed by atoms with Gasteiger partial charge in [0.15, 0.2) is 0 Å². The lowest BCUT2D eigenvalue weighted by molar-refractivity contribution is 0.135. The number of hydrogen-bond donors (Lipinski definition) is 0. The third-order valence-corrected chi connectivity index (χ3v) is 4.41. The van der Waals surface area contributed by atoms with Crippen molar-refractivity contribution >= 4 is 21.5 Å². The summed E-state index contributed by atoms with van der Waals surface area (Å²) >= 11 is 0. The van der Waals surface area contributed by atoms with Crippen LogP contribution in [0.4, 0.5) is 0 Å². The molecule has 3 aromatic carbocycles. The van der Waals surface area contributed by atoms with Crippen molar-refractivity contribution in [2.45, 2.75) is 26.4 Å². The van der Waals surface area contributed by atoms with Crippen LogP contribution in [-0.2, 0) is 24.2 Å². The van der Waals surface area contributed by atoms with E-state index in [9.17, 15) is 0 Å². The Hall–Kier alpha value is -1.86. The molecule has 1 heteroatoms. The molecule has 0 unspecified atom stereocenters. The molecule has 0 saturated carbocycles. The van der Waals surface area contributed by atoms with Gasteiger partial charge in [0.05, 0.1) is 6.61 Å². The molecule has 1 nitrogen and oxygen atoms in total. The smallest absolute Gasteiger partial charge is 0.0722 e. The van der Waals surface area contributed by atoms with E-state index in [-0.39, 0.29) is 0 Å². The van der Waals surface area contributed by atoms with Gasteiger partial charge in [-0.3, -0.25) is 0 Å². The molecule has 0 fully saturated rings. The summed E-state index contributed by atoms with van der Waals surface area (Å²) < 4.78 is 5.63. The van der Waals surface area contributed by atoms with E-state index in [2.05, 4.69) is 42.5 Å². The molecular weight excluding hydrogens is 244 g/mol. The molecule has 1 aliphatic carbocycles.